The first-order chi connectivity index (χ1) is 9.42. The lowest BCUT2D eigenvalue weighted by atomic mass is 10.2. The van der Waals surface area contributed by atoms with Crippen molar-refractivity contribution in [2.45, 2.75) is 65.5 Å². The summed E-state index contributed by atoms with van der Waals surface area (Å²) in [5, 5.41) is 6.54. The van der Waals surface area contributed by atoms with E-state index in [1.165, 1.54) is 0 Å². The zero-order chi connectivity index (χ0) is 15.3. The molecular formula is C14H29N3O3. The Morgan fingerprint density at radius 1 is 1.45 bits per heavy atom. The first-order valence-corrected chi connectivity index (χ1v) is 7.50. The number of hydrogen-bond acceptors (Lipinski definition) is 5. The van der Waals surface area contributed by atoms with Crippen molar-refractivity contribution in [2.24, 2.45) is 0 Å². The summed E-state index contributed by atoms with van der Waals surface area (Å²) in [6, 6.07) is 0.169. The summed E-state index contributed by atoms with van der Waals surface area (Å²) in [5.41, 5.74) is -0.470. The molecule has 1 amide bonds. The minimum absolute atomic E-state index is 0.0115. The van der Waals surface area contributed by atoms with Gasteiger partial charge in [0.1, 0.15) is 17.9 Å². The SMILES string of the molecule is CC.CCNC1CN(C(=O)OC(C)(C)C)[C@@H]2NCOC12. The smallest absolute Gasteiger partial charge is 0.411 e. The fourth-order valence-electron chi connectivity index (χ4n) is 2.44. The van der Waals surface area contributed by atoms with Crippen molar-refractivity contribution >= 4 is 6.09 Å². The quantitative estimate of drug-likeness (QED) is 0.806. The van der Waals surface area contributed by atoms with E-state index in [1.54, 1.807) is 4.90 Å². The third-order valence-electron chi connectivity index (χ3n) is 3.10. The van der Waals surface area contributed by atoms with Crippen LogP contribution in [-0.2, 0) is 9.47 Å². The monoisotopic (exact) mass is 287 g/mol. The number of amides is 1. The first-order valence-electron chi connectivity index (χ1n) is 7.50. The zero-order valence-electron chi connectivity index (χ0n) is 13.5. The molecule has 0 radical (unpaired) electrons. The number of nitrogens with one attached hydrogen (secondary N) is 2. The number of carbonyl (C=O) groups is 1. The second-order valence-electron chi connectivity index (χ2n) is 5.72. The van der Waals surface area contributed by atoms with Crippen LogP contribution in [0.25, 0.3) is 0 Å². The Labute approximate surface area is 122 Å². The van der Waals surface area contributed by atoms with Gasteiger partial charge in [0.15, 0.2) is 0 Å². The van der Waals surface area contributed by atoms with Crippen molar-refractivity contribution in [1.29, 1.82) is 0 Å². The van der Waals surface area contributed by atoms with Crippen LogP contribution in [0.4, 0.5) is 4.79 Å². The van der Waals surface area contributed by atoms with E-state index >= 15 is 0 Å². The molecular weight excluding hydrogens is 258 g/mol. The van der Waals surface area contributed by atoms with Gasteiger partial charge in [0.25, 0.3) is 0 Å². The van der Waals surface area contributed by atoms with Crippen molar-refractivity contribution < 1.29 is 14.3 Å². The lowest BCUT2D eigenvalue weighted by molar-refractivity contribution is 0.0195. The molecule has 2 saturated heterocycles. The molecule has 0 saturated carbocycles. The molecule has 2 heterocycles. The summed E-state index contributed by atoms with van der Waals surface area (Å²) in [6.45, 7) is 13.6. The number of likely N-dealkylation sites (N-methyl/N-ethyl adjacent to an activating group) is 1. The molecule has 0 aromatic carbocycles. The largest absolute Gasteiger partial charge is 0.444 e. The molecule has 0 aromatic rings. The van der Waals surface area contributed by atoms with E-state index in [0.29, 0.717) is 13.3 Å². The van der Waals surface area contributed by atoms with Gasteiger partial charge in [0.05, 0.1) is 12.8 Å². The van der Waals surface area contributed by atoms with Gasteiger partial charge < -0.3 is 14.8 Å². The topological polar surface area (TPSA) is 62.8 Å². The summed E-state index contributed by atoms with van der Waals surface area (Å²) in [7, 11) is 0. The van der Waals surface area contributed by atoms with E-state index in [9.17, 15) is 4.79 Å². The second-order valence-corrected chi connectivity index (χ2v) is 5.72. The highest BCUT2D eigenvalue weighted by molar-refractivity contribution is 5.69. The maximum absolute atomic E-state index is 12.1. The number of fused-ring (bicyclic) bond motifs is 1. The van der Waals surface area contributed by atoms with Crippen LogP contribution in [-0.4, -0.2) is 54.7 Å². The van der Waals surface area contributed by atoms with Crippen LogP contribution in [0, 0.1) is 0 Å². The lowest BCUT2D eigenvalue weighted by Crippen LogP contribution is -2.46. The molecule has 20 heavy (non-hydrogen) atoms. The van der Waals surface area contributed by atoms with Crippen LogP contribution in [0.1, 0.15) is 41.5 Å². The Morgan fingerprint density at radius 2 is 2.10 bits per heavy atom. The normalized spacial score (nSPS) is 28.7. The number of nitrogens with zero attached hydrogens (tertiary/aromatic N) is 1. The summed E-state index contributed by atoms with van der Waals surface area (Å²) in [5.74, 6) is 0. The average Bonchev–Trinajstić information content (AvgIpc) is 2.93. The van der Waals surface area contributed by atoms with Crippen molar-refractivity contribution in [2.75, 3.05) is 19.8 Å². The van der Waals surface area contributed by atoms with Gasteiger partial charge in [0.2, 0.25) is 0 Å². The minimum Gasteiger partial charge on any atom is -0.444 e. The zero-order valence-corrected chi connectivity index (χ0v) is 13.5. The van der Waals surface area contributed by atoms with Crippen molar-refractivity contribution in [1.82, 2.24) is 15.5 Å². The highest BCUT2D eigenvalue weighted by atomic mass is 16.6. The van der Waals surface area contributed by atoms with Gasteiger partial charge >= 0.3 is 6.09 Å². The van der Waals surface area contributed by atoms with Gasteiger partial charge in [-0.25, -0.2) is 4.79 Å². The van der Waals surface area contributed by atoms with Gasteiger partial charge in [-0.05, 0) is 27.3 Å². The number of carbonyl (C=O) groups excluding carboxylic acids is 1. The van der Waals surface area contributed by atoms with Gasteiger partial charge in [-0.15, -0.1) is 0 Å². The summed E-state index contributed by atoms with van der Waals surface area (Å²) < 4.78 is 11.0. The molecule has 2 fully saturated rings. The predicted molar refractivity (Wildman–Crippen MR) is 78.4 cm³/mol. The number of likely N-dealkylation sites (tertiary alicyclic amines) is 1. The highest BCUT2D eigenvalue weighted by Gasteiger charge is 2.48. The number of hydrogen-bond donors (Lipinski definition) is 2. The number of ether oxygens (including phenoxy) is 2. The van der Waals surface area contributed by atoms with Crippen LogP contribution in [0.3, 0.4) is 0 Å². The summed E-state index contributed by atoms with van der Waals surface area (Å²) in [4.78, 5) is 13.9. The molecule has 6 heteroatoms. The molecule has 6 nitrogen and oxygen atoms in total. The van der Waals surface area contributed by atoms with E-state index in [4.69, 9.17) is 9.47 Å². The second kappa shape index (κ2) is 7.24. The maximum atomic E-state index is 12.1. The number of rotatable bonds is 2. The molecule has 2 rings (SSSR count). The molecule has 0 spiro atoms. The van der Waals surface area contributed by atoms with Crippen molar-refractivity contribution in [3.63, 3.8) is 0 Å². The van der Waals surface area contributed by atoms with E-state index in [-0.39, 0.29) is 24.4 Å². The fraction of sp³-hybridized carbons (Fsp3) is 0.929. The molecule has 3 atom stereocenters. The molecule has 2 N–H and O–H groups in total. The fourth-order valence-corrected chi connectivity index (χ4v) is 2.44. The van der Waals surface area contributed by atoms with Gasteiger partial charge in [-0.3, -0.25) is 10.2 Å². The van der Waals surface area contributed by atoms with E-state index in [0.717, 1.165) is 6.54 Å². The lowest BCUT2D eigenvalue weighted by Gasteiger charge is -2.27. The van der Waals surface area contributed by atoms with Crippen LogP contribution >= 0.6 is 0 Å². The average molecular weight is 287 g/mol. The Balaban J connectivity index is 0.000000956. The Hall–Kier alpha value is -0.850. The van der Waals surface area contributed by atoms with E-state index < -0.39 is 5.60 Å². The third kappa shape index (κ3) is 4.07. The van der Waals surface area contributed by atoms with Gasteiger partial charge in [0, 0.05) is 6.54 Å². The molecule has 118 valence electrons. The van der Waals surface area contributed by atoms with Gasteiger partial charge in [-0.1, -0.05) is 20.8 Å². The first kappa shape index (κ1) is 17.2. The van der Waals surface area contributed by atoms with Crippen LogP contribution in [0.15, 0.2) is 0 Å². The van der Waals surface area contributed by atoms with Gasteiger partial charge in [-0.2, -0.15) is 0 Å². The maximum Gasteiger partial charge on any atom is 0.411 e. The van der Waals surface area contributed by atoms with Crippen molar-refractivity contribution in [3.05, 3.63) is 0 Å². The highest BCUT2D eigenvalue weighted by Crippen LogP contribution is 2.25. The standard InChI is InChI=1S/C12H23N3O3.C2H6/c1-5-13-8-6-15(10-9(8)17-7-14-10)11(16)18-12(2,3)4;1-2/h8-10,13-14H,5-7H2,1-4H3;1-2H3/t8?,9?,10-;/m0./s1. The molecule has 2 aliphatic heterocycles. The Morgan fingerprint density at radius 3 is 2.65 bits per heavy atom. The van der Waals surface area contributed by atoms with Crippen molar-refractivity contribution in [3.8, 4) is 0 Å². The Kier molecular flexibility index (Phi) is 6.23. The predicted octanol–water partition coefficient (Wildman–Crippen LogP) is 1.51. The molecule has 2 unspecified atom stereocenters. The summed E-state index contributed by atoms with van der Waals surface area (Å²) in [6.07, 6.45) is -0.350. The molecule has 0 aromatic heterocycles. The third-order valence-corrected chi connectivity index (χ3v) is 3.10. The van der Waals surface area contributed by atoms with E-state index in [1.807, 2.05) is 41.5 Å². The molecule has 0 aliphatic carbocycles. The Bertz CT molecular complexity index is 317. The van der Waals surface area contributed by atoms with Crippen LogP contribution in [0.2, 0.25) is 0 Å². The van der Waals surface area contributed by atoms with Crippen LogP contribution < -0.4 is 10.6 Å². The van der Waals surface area contributed by atoms with E-state index in [2.05, 4.69) is 10.6 Å². The minimum atomic E-state index is -0.470. The molecule has 0 bridgehead atoms. The van der Waals surface area contributed by atoms with Crippen LogP contribution in [0.5, 0.6) is 0 Å². The summed E-state index contributed by atoms with van der Waals surface area (Å²) >= 11 is 0. The molecule has 2 aliphatic rings.